The predicted molar refractivity (Wildman–Crippen MR) is 82.0 cm³/mol. The first-order valence-corrected chi connectivity index (χ1v) is 6.64. The van der Waals surface area contributed by atoms with Crippen LogP contribution in [0.5, 0.6) is 0 Å². The number of H-pyrrole nitrogens is 1. The Morgan fingerprint density at radius 2 is 1.95 bits per heavy atom. The predicted octanol–water partition coefficient (Wildman–Crippen LogP) is 1.99. The summed E-state index contributed by atoms with van der Waals surface area (Å²) in [6, 6.07) is 12.7. The molecule has 0 aliphatic carbocycles. The number of aryl methyl sites for hydroxylation is 1. The van der Waals surface area contributed by atoms with Crippen molar-refractivity contribution in [3.8, 4) is 5.69 Å². The fourth-order valence-electron chi connectivity index (χ4n) is 2.38. The molecular weight excluding hydrogens is 266 g/mol. The number of aromatic amines is 1. The Hall–Kier alpha value is -2.82. The van der Waals surface area contributed by atoms with Gasteiger partial charge in [0.15, 0.2) is 0 Å². The highest BCUT2D eigenvalue weighted by molar-refractivity contribution is 5.97. The minimum atomic E-state index is -0.179. The Morgan fingerprint density at radius 3 is 2.67 bits per heavy atom. The number of hydrogen-bond acceptors (Lipinski definition) is 2. The largest absolute Gasteiger partial charge is 0.355 e. The Balaban J connectivity index is 2.23. The SMILES string of the molecule is CNC(=O)c1ccc2c(=O)n(-c3ccccc3C)[nH]c2c1. The zero-order valence-electron chi connectivity index (χ0n) is 11.8. The van der Waals surface area contributed by atoms with E-state index in [1.165, 1.54) is 4.68 Å². The maximum absolute atomic E-state index is 12.5. The summed E-state index contributed by atoms with van der Waals surface area (Å²) in [4.78, 5) is 24.1. The van der Waals surface area contributed by atoms with Crippen LogP contribution in [0.3, 0.4) is 0 Å². The van der Waals surface area contributed by atoms with Crippen LogP contribution in [0.25, 0.3) is 16.6 Å². The molecule has 1 amide bonds. The lowest BCUT2D eigenvalue weighted by molar-refractivity contribution is 0.0963. The van der Waals surface area contributed by atoms with Crippen LogP contribution in [0, 0.1) is 6.92 Å². The van der Waals surface area contributed by atoms with E-state index in [0.29, 0.717) is 16.5 Å². The fourth-order valence-corrected chi connectivity index (χ4v) is 2.38. The van der Waals surface area contributed by atoms with E-state index in [9.17, 15) is 9.59 Å². The van der Waals surface area contributed by atoms with E-state index in [0.717, 1.165) is 11.3 Å². The second kappa shape index (κ2) is 4.94. The molecule has 0 radical (unpaired) electrons. The molecule has 0 saturated heterocycles. The highest BCUT2D eigenvalue weighted by Crippen LogP contribution is 2.15. The van der Waals surface area contributed by atoms with Crippen LogP contribution < -0.4 is 10.9 Å². The number of rotatable bonds is 2. The van der Waals surface area contributed by atoms with Crippen LogP contribution in [-0.2, 0) is 0 Å². The molecule has 1 aromatic heterocycles. The third kappa shape index (κ3) is 2.12. The van der Waals surface area contributed by atoms with Crippen LogP contribution in [0.4, 0.5) is 0 Å². The van der Waals surface area contributed by atoms with Crippen LogP contribution in [-0.4, -0.2) is 22.7 Å². The van der Waals surface area contributed by atoms with Crippen molar-refractivity contribution < 1.29 is 4.79 Å². The molecule has 3 rings (SSSR count). The first-order valence-electron chi connectivity index (χ1n) is 6.64. The number of benzene rings is 2. The smallest absolute Gasteiger partial charge is 0.279 e. The van der Waals surface area contributed by atoms with Gasteiger partial charge in [-0.1, -0.05) is 18.2 Å². The number of para-hydroxylation sites is 1. The molecule has 21 heavy (non-hydrogen) atoms. The Kier molecular flexibility index (Phi) is 3.10. The highest BCUT2D eigenvalue weighted by atomic mass is 16.1. The number of fused-ring (bicyclic) bond motifs is 1. The van der Waals surface area contributed by atoms with Gasteiger partial charge in [-0.15, -0.1) is 0 Å². The van der Waals surface area contributed by atoms with Crippen molar-refractivity contribution in [3.05, 3.63) is 63.9 Å². The van der Waals surface area contributed by atoms with Gasteiger partial charge < -0.3 is 5.32 Å². The van der Waals surface area contributed by atoms with Crippen LogP contribution in [0.1, 0.15) is 15.9 Å². The molecule has 0 aliphatic rings. The number of hydrogen-bond donors (Lipinski definition) is 2. The summed E-state index contributed by atoms with van der Waals surface area (Å²) >= 11 is 0. The lowest BCUT2D eigenvalue weighted by Gasteiger charge is -2.04. The number of amides is 1. The summed E-state index contributed by atoms with van der Waals surface area (Å²) in [5.41, 5.74) is 2.84. The van der Waals surface area contributed by atoms with E-state index in [-0.39, 0.29) is 11.5 Å². The Bertz CT molecular complexity index is 890. The van der Waals surface area contributed by atoms with Crippen LogP contribution >= 0.6 is 0 Å². The molecular formula is C16H15N3O2. The average Bonchev–Trinajstić information content (AvgIpc) is 2.83. The molecule has 5 heteroatoms. The van der Waals surface area contributed by atoms with Gasteiger partial charge in [-0.25, -0.2) is 4.68 Å². The first-order chi connectivity index (χ1) is 10.1. The molecule has 0 fully saturated rings. The molecule has 0 spiro atoms. The minimum absolute atomic E-state index is 0.122. The van der Waals surface area contributed by atoms with Crippen LogP contribution in [0.15, 0.2) is 47.3 Å². The van der Waals surface area contributed by atoms with Crippen molar-refractivity contribution in [2.75, 3.05) is 7.05 Å². The minimum Gasteiger partial charge on any atom is -0.355 e. The monoisotopic (exact) mass is 281 g/mol. The van der Waals surface area contributed by atoms with E-state index in [1.54, 1.807) is 25.2 Å². The molecule has 0 atom stereocenters. The second-order valence-electron chi connectivity index (χ2n) is 4.88. The maximum Gasteiger partial charge on any atom is 0.279 e. The average molecular weight is 281 g/mol. The van der Waals surface area contributed by atoms with Gasteiger partial charge in [-0.3, -0.25) is 14.7 Å². The summed E-state index contributed by atoms with van der Waals surface area (Å²) < 4.78 is 1.51. The van der Waals surface area contributed by atoms with Gasteiger partial charge >= 0.3 is 0 Å². The fraction of sp³-hybridized carbons (Fsp3) is 0.125. The molecule has 106 valence electrons. The van der Waals surface area contributed by atoms with E-state index in [2.05, 4.69) is 10.4 Å². The molecule has 2 N–H and O–H groups in total. The van der Waals surface area contributed by atoms with Gasteiger partial charge in [-0.05, 0) is 36.8 Å². The molecule has 1 heterocycles. The topological polar surface area (TPSA) is 66.9 Å². The summed E-state index contributed by atoms with van der Waals surface area (Å²) in [5, 5.41) is 6.20. The molecule has 5 nitrogen and oxygen atoms in total. The zero-order chi connectivity index (χ0) is 15.0. The van der Waals surface area contributed by atoms with Gasteiger partial charge in [0.25, 0.3) is 11.5 Å². The van der Waals surface area contributed by atoms with Gasteiger partial charge in [0, 0.05) is 12.6 Å². The van der Waals surface area contributed by atoms with Gasteiger partial charge in [0.05, 0.1) is 16.6 Å². The van der Waals surface area contributed by atoms with Crippen molar-refractivity contribution >= 4 is 16.8 Å². The summed E-state index contributed by atoms with van der Waals surface area (Å²) in [6.45, 7) is 1.95. The lowest BCUT2D eigenvalue weighted by atomic mass is 10.1. The van der Waals surface area contributed by atoms with Crippen molar-refractivity contribution in [3.63, 3.8) is 0 Å². The van der Waals surface area contributed by atoms with E-state index < -0.39 is 0 Å². The molecule has 0 unspecified atom stereocenters. The number of nitrogens with one attached hydrogen (secondary N) is 2. The number of carbonyl (C=O) groups is 1. The third-order valence-electron chi connectivity index (χ3n) is 3.53. The van der Waals surface area contributed by atoms with Crippen molar-refractivity contribution in [2.45, 2.75) is 6.92 Å². The molecule has 3 aromatic rings. The van der Waals surface area contributed by atoms with Crippen LogP contribution in [0.2, 0.25) is 0 Å². The molecule has 2 aromatic carbocycles. The van der Waals surface area contributed by atoms with Gasteiger partial charge in [0.1, 0.15) is 0 Å². The van der Waals surface area contributed by atoms with Gasteiger partial charge in [-0.2, -0.15) is 0 Å². The van der Waals surface area contributed by atoms with E-state index >= 15 is 0 Å². The first kappa shape index (κ1) is 13.2. The summed E-state index contributed by atoms with van der Waals surface area (Å²) in [6.07, 6.45) is 0. The molecule has 0 bridgehead atoms. The molecule has 0 aliphatic heterocycles. The Labute approximate surface area is 121 Å². The normalized spacial score (nSPS) is 10.8. The maximum atomic E-state index is 12.5. The van der Waals surface area contributed by atoms with Crippen molar-refractivity contribution in [1.82, 2.24) is 15.1 Å². The number of aromatic nitrogens is 2. The van der Waals surface area contributed by atoms with E-state index in [1.807, 2.05) is 31.2 Å². The van der Waals surface area contributed by atoms with Crippen molar-refractivity contribution in [2.24, 2.45) is 0 Å². The highest BCUT2D eigenvalue weighted by Gasteiger charge is 2.12. The Morgan fingerprint density at radius 1 is 1.19 bits per heavy atom. The summed E-state index contributed by atoms with van der Waals surface area (Å²) in [7, 11) is 1.58. The van der Waals surface area contributed by atoms with E-state index in [4.69, 9.17) is 0 Å². The zero-order valence-corrected chi connectivity index (χ0v) is 11.8. The summed E-state index contributed by atoms with van der Waals surface area (Å²) in [5.74, 6) is -0.179. The second-order valence-corrected chi connectivity index (χ2v) is 4.88. The quantitative estimate of drug-likeness (QED) is 0.754. The van der Waals surface area contributed by atoms with Gasteiger partial charge in [0.2, 0.25) is 0 Å². The number of carbonyl (C=O) groups excluding carboxylic acids is 1. The third-order valence-corrected chi connectivity index (χ3v) is 3.53. The molecule has 0 saturated carbocycles. The lowest BCUT2D eigenvalue weighted by Crippen LogP contribution is -2.17. The standard InChI is InChI=1S/C16H15N3O2/c1-10-5-3-4-6-14(10)19-16(21)12-8-7-11(15(20)17-2)9-13(12)18-19/h3-9,18H,1-2H3,(H,17,20). The van der Waals surface area contributed by atoms with Crippen molar-refractivity contribution in [1.29, 1.82) is 0 Å². The number of nitrogens with zero attached hydrogens (tertiary/aromatic N) is 1.